The van der Waals surface area contributed by atoms with Gasteiger partial charge in [-0.3, -0.25) is 0 Å². The number of anilines is 2. The Hall–Kier alpha value is -0.960. The number of pyridine rings is 1. The van der Waals surface area contributed by atoms with Crippen LogP contribution < -0.4 is 10.6 Å². The van der Waals surface area contributed by atoms with Crippen LogP contribution in [0.5, 0.6) is 0 Å². The molecule has 1 atom stereocenters. The van der Waals surface area contributed by atoms with Gasteiger partial charge in [-0.1, -0.05) is 32.4 Å². The minimum Gasteiger partial charge on any atom is -0.382 e. The highest BCUT2D eigenvalue weighted by Gasteiger charge is 2.21. The lowest BCUT2D eigenvalue weighted by atomic mass is 9.84. The SMILES string of the molecule is CC(C)(C)CC1CNc2cc(Cl)cnc2NC1. The average Bonchev–Trinajstić information content (AvgIpc) is 2.39. The molecule has 2 rings (SSSR count). The fourth-order valence-corrected chi connectivity index (χ4v) is 2.45. The molecule has 0 radical (unpaired) electrons. The van der Waals surface area contributed by atoms with Gasteiger partial charge in [0, 0.05) is 19.3 Å². The quantitative estimate of drug-likeness (QED) is 0.803. The van der Waals surface area contributed by atoms with Gasteiger partial charge in [-0.2, -0.15) is 0 Å². The van der Waals surface area contributed by atoms with Crippen LogP contribution >= 0.6 is 11.6 Å². The molecule has 1 aromatic heterocycles. The Morgan fingerprint density at radius 1 is 1.35 bits per heavy atom. The van der Waals surface area contributed by atoms with Crippen molar-refractivity contribution in [1.82, 2.24) is 4.98 Å². The maximum atomic E-state index is 5.94. The Kier molecular flexibility index (Phi) is 3.48. The molecule has 0 spiro atoms. The summed E-state index contributed by atoms with van der Waals surface area (Å²) < 4.78 is 0. The van der Waals surface area contributed by atoms with Crippen molar-refractivity contribution in [2.24, 2.45) is 11.3 Å². The van der Waals surface area contributed by atoms with E-state index in [1.54, 1.807) is 6.20 Å². The summed E-state index contributed by atoms with van der Waals surface area (Å²) in [5.74, 6) is 1.52. The lowest BCUT2D eigenvalue weighted by molar-refractivity contribution is 0.310. The van der Waals surface area contributed by atoms with E-state index in [1.807, 2.05) is 6.07 Å². The Balaban J connectivity index is 2.06. The van der Waals surface area contributed by atoms with E-state index in [0.717, 1.165) is 24.6 Å². The standard InChI is InChI=1S/C13H20ClN3/c1-13(2,3)5-9-6-15-11-4-10(14)8-17-12(11)16-7-9/h4,8-9,15H,5-7H2,1-3H3,(H,16,17). The number of fused-ring (bicyclic) bond motifs is 1. The number of hydrogen-bond acceptors (Lipinski definition) is 3. The third kappa shape index (κ3) is 3.50. The zero-order valence-corrected chi connectivity index (χ0v) is 11.4. The van der Waals surface area contributed by atoms with Crippen molar-refractivity contribution < 1.29 is 0 Å². The monoisotopic (exact) mass is 253 g/mol. The van der Waals surface area contributed by atoms with Crippen LogP contribution in [0.4, 0.5) is 11.5 Å². The van der Waals surface area contributed by atoms with E-state index < -0.39 is 0 Å². The molecule has 2 N–H and O–H groups in total. The molecular weight excluding hydrogens is 234 g/mol. The van der Waals surface area contributed by atoms with Crippen LogP contribution in [0.15, 0.2) is 12.3 Å². The third-order valence-electron chi connectivity index (χ3n) is 2.89. The largest absolute Gasteiger partial charge is 0.382 e. The zero-order chi connectivity index (χ0) is 12.5. The van der Waals surface area contributed by atoms with Gasteiger partial charge < -0.3 is 10.6 Å². The number of rotatable bonds is 1. The first-order valence-electron chi connectivity index (χ1n) is 6.07. The van der Waals surface area contributed by atoms with Crippen LogP contribution in [0.3, 0.4) is 0 Å². The van der Waals surface area contributed by atoms with E-state index in [1.165, 1.54) is 6.42 Å². The predicted octanol–water partition coefficient (Wildman–Crippen LogP) is 3.62. The number of aromatic nitrogens is 1. The normalized spacial score (nSPS) is 19.9. The molecule has 94 valence electrons. The van der Waals surface area contributed by atoms with E-state index >= 15 is 0 Å². The predicted molar refractivity (Wildman–Crippen MR) is 73.8 cm³/mol. The first-order valence-corrected chi connectivity index (χ1v) is 6.45. The molecule has 3 nitrogen and oxygen atoms in total. The van der Waals surface area contributed by atoms with Crippen LogP contribution in [0.2, 0.25) is 5.02 Å². The highest BCUT2D eigenvalue weighted by molar-refractivity contribution is 6.30. The van der Waals surface area contributed by atoms with Gasteiger partial charge in [-0.25, -0.2) is 4.98 Å². The Labute approximate surface area is 108 Å². The summed E-state index contributed by atoms with van der Waals surface area (Å²) >= 11 is 5.94. The van der Waals surface area contributed by atoms with Crippen LogP contribution in [0.1, 0.15) is 27.2 Å². The summed E-state index contributed by atoms with van der Waals surface area (Å²) in [6.45, 7) is 8.77. The molecule has 1 aromatic rings. The molecule has 4 heteroatoms. The van der Waals surface area contributed by atoms with Gasteiger partial charge in [0.15, 0.2) is 0 Å². The zero-order valence-electron chi connectivity index (χ0n) is 10.7. The van der Waals surface area contributed by atoms with Gasteiger partial charge >= 0.3 is 0 Å². The van der Waals surface area contributed by atoms with E-state index in [-0.39, 0.29) is 0 Å². The molecule has 0 bridgehead atoms. The van der Waals surface area contributed by atoms with Crippen molar-refractivity contribution in [3.63, 3.8) is 0 Å². The van der Waals surface area contributed by atoms with Crippen molar-refractivity contribution in [2.45, 2.75) is 27.2 Å². The number of nitrogens with zero attached hydrogens (tertiary/aromatic N) is 1. The van der Waals surface area contributed by atoms with Crippen LogP contribution in [0, 0.1) is 11.3 Å². The smallest absolute Gasteiger partial charge is 0.149 e. The van der Waals surface area contributed by atoms with Crippen molar-refractivity contribution in [2.75, 3.05) is 23.7 Å². The Morgan fingerprint density at radius 2 is 2.06 bits per heavy atom. The van der Waals surface area contributed by atoms with Crippen molar-refractivity contribution in [3.8, 4) is 0 Å². The molecule has 0 fully saturated rings. The van der Waals surface area contributed by atoms with Gasteiger partial charge in [0.2, 0.25) is 0 Å². The van der Waals surface area contributed by atoms with E-state index in [4.69, 9.17) is 11.6 Å². The second-order valence-corrected chi connectivity index (χ2v) is 6.38. The van der Waals surface area contributed by atoms with Crippen molar-refractivity contribution >= 4 is 23.1 Å². The summed E-state index contributed by atoms with van der Waals surface area (Å²) in [4.78, 5) is 4.30. The summed E-state index contributed by atoms with van der Waals surface area (Å²) in [6, 6.07) is 1.93. The molecule has 1 unspecified atom stereocenters. The summed E-state index contributed by atoms with van der Waals surface area (Å²) in [5.41, 5.74) is 1.37. The first kappa shape index (κ1) is 12.5. The summed E-state index contributed by atoms with van der Waals surface area (Å²) in [7, 11) is 0. The Bertz CT molecular complexity index is 398. The maximum absolute atomic E-state index is 5.94. The van der Waals surface area contributed by atoms with Crippen LogP contribution in [-0.2, 0) is 0 Å². The minimum atomic E-state index is 0.357. The highest BCUT2D eigenvalue weighted by atomic mass is 35.5. The van der Waals surface area contributed by atoms with E-state index in [9.17, 15) is 0 Å². The Morgan fingerprint density at radius 3 is 2.76 bits per heavy atom. The molecule has 17 heavy (non-hydrogen) atoms. The molecule has 0 amide bonds. The number of hydrogen-bond donors (Lipinski definition) is 2. The van der Waals surface area contributed by atoms with Gasteiger partial charge in [0.05, 0.1) is 10.7 Å². The molecular formula is C13H20ClN3. The lowest BCUT2D eigenvalue weighted by Gasteiger charge is -2.24. The molecule has 1 aliphatic heterocycles. The molecule has 0 saturated carbocycles. The van der Waals surface area contributed by atoms with E-state index in [0.29, 0.717) is 16.4 Å². The number of nitrogens with one attached hydrogen (secondary N) is 2. The molecule has 0 aliphatic carbocycles. The second-order valence-electron chi connectivity index (χ2n) is 5.94. The van der Waals surface area contributed by atoms with Gasteiger partial charge in [0.1, 0.15) is 5.82 Å². The third-order valence-corrected chi connectivity index (χ3v) is 3.10. The van der Waals surface area contributed by atoms with Gasteiger partial charge in [-0.15, -0.1) is 0 Å². The number of halogens is 1. The van der Waals surface area contributed by atoms with Gasteiger partial charge in [-0.05, 0) is 23.8 Å². The summed E-state index contributed by atoms with van der Waals surface area (Å²) in [5, 5.41) is 7.50. The fraction of sp³-hybridized carbons (Fsp3) is 0.615. The van der Waals surface area contributed by atoms with Crippen molar-refractivity contribution in [1.29, 1.82) is 0 Å². The molecule has 0 saturated heterocycles. The van der Waals surface area contributed by atoms with E-state index in [2.05, 4.69) is 36.4 Å². The lowest BCUT2D eigenvalue weighted by Crippen LogP contribution is -2.24. The molecule has 2 heterocycles. The molecule has 1 aliphatic rings. The summed E-state index contributed by atoms with van der Waals surface area (Å²) in [6.07, 6.45) is 2.87. The maximum Gasteiger partial charge on any atom is 0.149 e. The first-order chi connectivity index (χ1) is 7.94. The van der Waals surface area contributed by atoms with Crippen LogP contribution in [-0.4, -0.2) is 18.1 Å². The topological polar surface area (TPSA) is 37.0 Å². The van der Waals surface area contributed by atoms with Crippen molar-refractivity contribution in [3.05, 3.63) is 17.3 Å². The fourth-order valence-electron chi connectivity index (χ4n) is 2.29. The highest BCUT2D eigenvalue weighted by Crippen LogP contribution is 2.30. The second kappa shape index (κ2) is 4.73. The minimum absolute atomic E-state index is 0.357. The van der Waals surface area contributed by atoms with Crippen LogP contribution in [0.25, 0.3) is 0 Å². The average molecular weight is 254 g/mol. The molecule has 0 aromatic carbocycles. The van der Waals surface area contributed by atoms with Gasteiger partial charge in [0.25, 0.3) is 0 Å².